The molecule has 3 aromatic rings. The molecule has 0 unspecified atom stereocenters. The summed E-state index contributed by atoms with van der Waals surface area (Å²) < 4.78 is 0. The zero-order chi connectivity index (χ0) is 12.5. The van der Waals surface area contributed by atoms with Gasteiger partial charge in [0.1, 0.15) is 16.8 Å². The number of hydrogen-bond donors (Lipinski definition) is 2. The van der Waals surface area contributed by atoms with E-state index < -0.39 is 0 Å². The molecular weight excluding hydrogens is 271 g/mol. The average Bonchev–Trinajstić information content (AvgIpc) is 2.69. The Morgan fingerprint density at radius 1 is 1.06 bits per heavy atom. The van der Waals surface area contributed by atoms with E-state index in [2.05, 4.69) is 20.3 Å². The topological polar surface area (TPSA) is 53.6 Å². The molecule has 2 heterocycles. The molecule has 0 amide bonds. The molecule has 0 radical (unpaired) electrons. The number of fused-ring (bicyclic) bond motifs is 1. The fourth-order valence-corrected chi connectivity index (χ4v) is 2.14. The number of aromatic amines is 1. The molecule has 0 spiro atoms. The van der Waals surface area contributed by atoms with Crippen molar-refractivity contribution < 1.29 is 0 Å². The molecule has 3 rings (SSSR count). The van der Waals surface area contributed by atoms with E-state index >= 15 is 0 Å². The first-order valence-corrected chi connectivity index (χ1v) is 6.01. The molecule has 0 saturated carbocycles. The summed E-state index contributed by atoms with van der Waals surface area (Å²) in [6.07, 6.45) is 0. The Bertz CT molecular complexity index is 655. The van der Waals surface area contributed by atoms with Gasteiger partial charge in [0.25, 0.3) is 0 Å². The molecule has 0 bridgehead atoms. The molecule has 0 aliphatic rings. The third-order valence-electron chi connectivity index (χ3n) is 2.46. The molecule has 1 aromatic carbocycles. The maximum Gasteiger partial charge on any atom is 0.225 e. The highest BCUT2D eigenvalue weighted by Gasteiger charge is 2.04. The van der Waals surface area contributed by atoms with Crippen LogP contribution in [0.15, 0.2) is 36.4 Å². The quantitative estimate of drug-likeness (QED) is 0.550. The predicted octanol–water partition coefficient (Wildman–Crippen LogP) is 4.01. The van der Waals surface area contributed by atoms with Gasteiger partial charge in [-0.25, -0.2) is 9.97 Å². The molecule has 0 saturated heterocycles. The van der Waals surface area contributed by atoms with Crippen LogP contribution in [-0.4, -0.2) is 15.0 Å². The van der Waals surface area contributed by atoms with Gasteiger partial charge < -0.3 is 10.3 Å². The summed E-state index contributed by atoms with van der Waals surface area (Å²) in [4.78, 5) is 11.1. The lowest BCUT2D eigenvalue weighted by Gasteiger charge is -2.02. The second-order valence-electron chi connectivity index (χ2n) is 3.74. The van der Waals surface area contributed by atoms with Crippen molar-refractivity contribution in [1.82, 2.24) is 15.0 Å². The van der Waals surface area contributed by atoms with Crippen molar-refractivity contribution in [3.05, 3.63) is 46.8 Å². The molecule has 4 nitrogen and oxygen atoms in total. The number of H-pyrrole nitrogens is 1. The van der Waals surface area contributed by atoms with Crippen LogP contribution in [0.1, 0.15) is 0 Å². The summed E-state index contributed by atoms with van der Waals surface area (Å²) in [6, 6.07) is 11.6. The van der Waals surface area contributed by atoms with Crippen LogP contribution >= 0.6 is 23.2 Å². The number of anilines is 2. The lowest BCUT2D eigenvalue weighted by molar-refractivity contribution is 1.16. The summed E-state index contributed by atoms with van der Waals surface area (Å²) in [6.45, 7) is 0. The van der Waals surface area contributed by atoms with E-state index in [0.29, 0.717) is 11.0 Å². The smallest absolute Gasteiger partial charge is 0.225 e. The van der Waals surface area contributed by atoms with E-state index in [9.17, 15) is 0 Å². The highest BCUT2D eigenvalue weighted by molar-refractivity contribution is 6.32. The normalized spacial score (nSPS) is 10.8. The van der Waals surface area contributed by atoms with Gasteiger partial charge in [-0.05, 0) is 23.7 Å². The van der Waals surface area contributed by atoms with Crippen molar-refractivity contribution in [1.29, 1.82) is 0 Å². The standard InChI is InChI=1S/C12H8Cl2N4/c13-9-6-11(18-12(14)16-9)17-10-5-7-3-1-2-4-8(7)15-10/h1-6,15H,(H,16,17,18). The molecule has 6 heteroatoms. The Morgan fingerprint density at radius 2 is 1.89 bits per heavy atom. The van der Waals surface area contributed by atoms with Gasteiger partial charge in [-0.15, -0.1) is 0 Å². The van der Waals surface area contributed by atoms with Crippen LogP contribution in [0.25, 0.3) is 10.9 Å². The fraction of sp³-hybridized carbons (Fsp3) is 0. The summed E-state index contributed by atoms with van der Waals surface area (Å²) in [5, 5.41) is 4.63. The first-order chi connectivity index (χ1) is 8.70. The summed E-state index contributed by atoms with van der Waals surface area (Å²) in [5.74, 6) is 1.37. The molecular formula is C12H8Cl2N4. The largest absolute Gasteiger partial charge is 0.341 e. The average molecular weight is 279 g/mol. The van der Waals surface area contributed by atoms with E-state index in [1.807, 2.05) is 30.3 Å². The molecule has 0 aliphatic carbocycles. The number of aromatic nitrogens is 3. The summed E-state index contributed by atoms with van der Waals surface area (Å²) >= 11 is 11.5. The van der Waals surface area contributed by atoms with Gasteiger partial charge in [-0.2, -0.15) is 0 Å². The molecule has 90 valence electrons. The number of nitrogens with zero attached hydrogens (tertiary/aromatic N) is 2. The highest BCUT2D eigenvalue weighted by atomic mass is 35.5. The van der Waals surface area contributed by atoms with Gasteiger partial charge in [0.15, 0.2) is 0 Å². The lowest BCUT2D eigenvalue weighted by Crippen LogP contribution is -1.95. The summed E-state index contributed by atoms with van der Waals surface area (Å²) in [7, 11) is 0. The maximum absolute atomic E-state index is 5.81. The maximum atomic E-state index is 5.81. The second-order valence-corrected chi connectivity index (χ2v) is 4.47. The molecule has 2 N–H and O–H groups in total. The third-order valence-corrected chi connectivity index (χ3v) is 2.82. The Labute approximate surface area is 113 Å². The number of nitrogens with one attached hydrogen (secondary N) is 2. The van der Waals surface area contributed by atoms with Crippen LogP contribution in [0, 0.1) is 0 Å². The minimum Gasteiger partial charge on any atom is -0.341 e. The van der Waals surface area contributed by atoms with Crippen LogP contribution in [0.2, 0.25) is 10.4 Å². The Kier molecular flexibility index (Phi) is 2.81. The third kappa shape index (κ3) is 2.25. The first-order valence-electron chi connectivity index (χ1n) is 5.25. The number of rotatable bonds is 2. The molecule has 0 atom stereocenters. The number of benzene rings is 1. The van der Waals surface area contributed by atoms with Crippen LogP contribution in [0.5, 0.6) is 0 Å². The summed E-state index contributed by atoms with van der Waals surface area (Å²) in [5.41, 5.74) is 1.05. The number of hydrogen-bond acceptors (Lipinski definition) is 3. The zero-order valence-electron chi connectivity index (χ0n) is 9.11. The van der Waals surface area contributed by atoms with Crippen LogP contribution < -0.4 is 5.32 Å². The Balaban J connectivity index is 1.96. The van der Waals surface area contributed by atoms with E-state index in [4.69, 9.17) is 23.2 Å². The monoisotopic (exact) mass is 278 g/mol. The van der Waals surface area contributed by atoms with E-state index in [-0.39, 0.29) is 5.28 Å². The second kappa shape index (κ2) is 4.48. The Hall–Kier alpha value is -1.78. The van der Waals surface area contributed by atoms with Crippen molar-refractivity contribution in [3.63, 3.8) is 0 Å². The first kappa shape index (κ1) is 11.3. The van der Waals surface area contributed by atoms with Crippen molar-refractivity contribution in [2.75, 3.05) is 5.32 Å². The number of para-hydroxylation sites is 1. The molecule has 18 heavy (non-hydrogen) atoms. The van der Waals surface area contributed by atoms with Gasteiger partial charge in [0, 0.05) is 17.0 Å². The fourth-order valence-electron chi connectivity index (χ4n) is 1.73. The van der Waals surface area contributed by atoms with Gasteiger partial charge in [-0.3, -0.25) is 0 Å². The van der Waals surface area contributed by atoms with E-state index in [1.165, 1.54) is 0 Å². The molecule has 2 aromatic heterocycles. The number of halogens is 2. The van der Waals surface area contributed by atoms with Crippen molar-refractivity contribution in [2.45, 2.75) is 0 Å². The SMILES string of the molecule is Clc1cc(Nc2cc3ccccc3[nH]2)nc(Cl)n1. The van der Waals surface area contributed by atoms with Crippen LogP contribution in [0.3, 0.4) is 0 Å². The van der Waals surface area contributed by atoms with Gasteiger partial charge in [0.05, 0.1) is 0 Å². The van der Waals surface area contributed by atoms with Crippen molar-refractivity contribution in [3.8, 4) is 0 Å². The van der Waals surface area contributed by atoms with E-state index in [0.717, 1.165) is 16.7 Å². The van der Waals surface area contributed by atoms with Gasteiger partial charge in [-0.1, -0.05) is 29.8 Å². The van der Waals surface area contributed by atoms with Crippen LogP contribution in [-0.2, 0) is 0 Å². The zero-order valence-corrected chi connectivity index (χ0v) is 10.6. The van der Waals surface area contributed by atoms with Gasteiger partial charge >= 0.3 is 0 Å². The van der Waals surface area contributed by atoms with Crippen molar-refractivity contribution in [2.24, 2.45) is 0 Å². The molecule has 0 aliphatic heterocycles. The van der Waals surface area contributed by atoms with Gasteiger partial charge in [0.2, 0.25) is 5.28 Å². The van der Waals surface area contributed by atoms with Crippen LogP contribution in [0.4, 0.5) is 11.6 Å². The van der Waals surface area contributed by atoms with E-state index in [1.54, 1.807) is 6.07 Å². The predicted molar refractivity (Wildman–Crippen MR) is 73.6 cm³/mol. The minimum atomic E-state index is 0.112. The minimum absolute atomic E-state index is 0.112. The highest BCUT2D eigenvalue weighted by Crippen LogP contribution is 2.22. The molecule has 0 fully saturated rings. The Morgan fingerprint density at radius 3 is 2.67 bits per heavy atom. The van der Waals surface area contributed by atoms with Crippen molar-refractivity contribution >= 4 is 45.7 Å². The lowest BCUT2D eigenvalue weighted by atomic mass is 10.2.